The molecule has 0 saturated heterocycles. The Morgan fingerprint density at radius 3 is 2.23 bits per heavy atom. The molecule has 0 aromatic rings. The predicted octanol–water partition coefficient (Wildman–Crippen LogP) is 3.36. The Morgan fingerprint density at radius 1 is 1.23 bits per heavy atom. The van der Waals surface area contributed by atoms with Gasteiger partial charge in [-0.05, 0) is 37.5 Å². The van der Waals surface area contributed by atoms with Crippen LogP contribution in [0.15, 0.2) is 0 Å². The van der Waals surface area contributed by atoms with Crippen molar-refractivity contribution in [2.24, 2.45) is 11.3 Å². The summed E-state index contributed by atoms with van der Waals surface area (Å²) in [7, 11) is 0. The first-order valence-electron chi connectivity index (χ1n) is 5.70. The van der Waals surface area contributed by atoms with Gasteiger partial charge in [-0.2, -0.15) is 0 Å². The molecule has 0 radical (unpaired) electrons. The first-order valence-corrected chi connectivity index (χ1v) is 5.70. The van der Waals surface area contributed by atoms with Crippen molar-refractivity contribution in [2.45, 2.75) is 65.4 Å². The lowest BCUT2D eigenvalue weighted by Crippen LogP contribution is -2.29. The Kier molecular flexibility index (Phi) is 3.78. The highest BCUT2D eigenvalue weighted by atomic mass is 16.3. The van der Waals surface area contributed by atoms with Gasteiger partial charge in [0.15, 0.2) is 0 Å². The molecule has 0 bridgehead atoms. The van der Waals surface area contributed by atoms with Crippen LogP contribution in [0.5, 0.6) is 0 Å². The lowest BCUT2D eigenvalue weighted by Gasteiger charge is -2.38. The van der Waals surface area contributed by atoms with Gasteiger partial charge in [0.1, 0.15) is 0 Å². The van der Waals surface area contributed by atoms with Gasteiger partial charge >= 0.3 is 0 Å². The van der Waals surface area contributed by atoms with E-state index in [4.69, 9.17) is 0 Å². The van der Waals surface area contributed by atoms with Crippen LogP contribution in [0.25, 0.3) is 0 Å². The van der Waals surface area contributed by atoms with Crippen molar-refractivity contribution in [3.05, 3.63) is 0 Å². The first-order chi connectivity index (χ1) is 6.02. The second kappa shape index (κ2) is 4.45. The van der Waals surface area contributed by atoms with Gasteiger partial charge in [0.05, 0.1) is 6.10 Å². The lowest BCUT2D eigenvalue weighted by molar-refractivity contribution is 0.0727. The molecule has 1 aliphatic rings. The zero-order valence-corrected chi connectivity index (χ0v) is 9.34. The van der Waals surface area contributed by atoms with Crippen molar-refractivity contribution in [1.29, 1.82) is 0 Å². The largest absolute Gasteiger partial charge is 0.393 e. The molecule has 13 heavy (non-hydrogen) atoms. The highest BCUT2D eigenvalue weighted by molar-refractivity contribution is 4.82. The second-order valence-electron chi connectivity index (χ2n) is 5.38. The fourth-order valence-corrected chi connectivity index (χ4v) is 2.81. The molecule has 1 nitrogen and oxygen atoms in total. The monoisotopic (exact) mass is 184 g/mol. The van der Waals surface area contributed by atoms with Crippen LogP contribution in [-0.2, 0) is 0 Å². The molecule has 0 amide bonds. The van der Waals surface area contributed by atoms with Crippen LogP contribution in [0.2, 0.25) is 0 Å². The summed E-state index contributed by atoms with van der Waals surface area (Å²) >= 11 is 0. The van der Waals surface area contributed by atoms with Crippen LogP contribution in [0.3, 0.4) is 0 Å². The van der Waals surface area contributed by atoms with Crippen molar-refractivity contribution in [2.75, 3.05) is 0 Å². The standard InChI is InChI=1S/C12H24O/c1-10(13)9-12(2,3)11-7-5-4-6-8-11/h10-11,13H,4-9H2,1-3H3/t10-/m1/s1. The minimum Gasteiger partial charge on any atom is -0.393 e. The molecule has 0 spiro atoms. The fraction of sp³-hybridized carbons (Fsp3) is 1.00. The van der Waals surface area contributed by atoms with E-state index in [0.29, 0.717) is 5.41 Å². The van der Waals surface area contributed by atoms with Crippen molar-refractivity contribution in [3.63, 3.8) is 0 Å². The van der Waals surface area contributed by atoms with E-state index in [1.54, 1.807) is 0 Å². The number of hydrogen-bond donors (Lipinski definition) is 1. The molecule has 0 aliphatic heterocycles. The molecule has 0 heterocycles. The van der Waals surface area contributed by atoms with E-state index < -0.39 is 0 Å². The third-order valence-corrected chi connectivity index (χ3v) is 3.53. The minimum absolute atomic E-state index is 0.142. The van der Waals surface area contributed by atoms with Crippen molar-refractivity contribution < 1.29 is 5.11 Å². The van der Waals surface area contributed by atoms with Crippen LogP contribution in [-0.4, -0.2) is 11.2 Å². The Hall–Kier alpha value is -0.0400. The molecule has 1 aliphatic carbocycles. The molecule has 78 valence electrons. The van der Waals surface area contributed by atoms with E-state index in [1.807, 2.05) is 6.92 Å². The summed E-state index contributed by atoms with van der Waals surface area (Å²) in [5.41, 5.74) is 0.342. The maximum Gasteiger partial charge on any atom is 0.0517 e. The molecule has 1 rings (SSSR count). The smallest absolute Gasteiger partial charge is 0.0517 e. The number of hydrogen-bond acceptors (Lipinski definition) is 1. The van der Waals surface area contributed by atoms with Gasteiger partial charge in [-0.25, -0.2) is 0 Å². The molecule has 1 fully saturated rings. The molecule has 1 N–H and O–H groups in total. The third-order valence-electron chi connectivity index (χ3n) is 3.53. The third kappa shape index (κ3) is 3.30. The van der Waals surface area contributed by atoms with E-state index in [1.165, 1.54) is 32.1 Å². The Balaban J connectivity index is 2.45. The van der Waals surface area contributed by atoms with Crippen LogP contribution >= 0.6 is 0 Å². The highest BCUT2D eigenvalue weighted by Crippen LogP contribution is 2.41. The van der Waals surface area contributed by atoms with E-state index in [0.717, 1.165) is 12.3 Å². The van der Waals surface area contributed by atoms with E-state index >= 15 is 0 Å². The maximum absolute atomic E-state index is 9.42. The zero-order valence-electron chi connectivity index (χ0n) is 9.34. The SMILES string of the molecule is C[C@@H](O)CC(C)(C)C1CCCCC1. The summed E-state index contributed by atoms with van der Waals surface area (Å²) in [6.45, 7) is 6.54. The Bertz CT molecular complexity index is 143. The topological polar surface area (TPSA) is 20.2 Å². The van der Waals surface area contributed by atoms with Crippen LogP contribution in [0, 0.1) is 11.3 Å². The van der Waals surface area contributed by atoms with Crippen LogP contribution in [0.1, 0.15) is 59.3 Å². The van der Waals surface area contributed by atoms with Gasteiger partial charge in [0, 0.05) is 0 Å². The van der Waals surface area contributed by atoms with E-state index in [2.05, 4.69) is 13.8 Å². The van der Waals surface area contributed by atoms with Crippen molar-refractivity contribution in [1.82, 2.24) is 0 Å². The second-order valence-corrected chi connectivity index (χ2v) is 5.38. The zero-order chi connectivity index (χ0) is 9.90. The molecule has 0 aromatic heterocycles. The van der Waals surface area contributed by atoms with Gasteiger partial charge in [0.25, 0.3) is 0 Å². The lowest BCUT2D eigenvalue weighted by atomic mass is 9.68. The summed E-state index contributed by atoms with van der Waals surface area (Å²) in [5, 5.41) is 9.42. The Labute approximate surface area is 82.5 Å². The van der Waals surface area contributed by atoms with Gasteiger partial charge in [-0.3, -0.25) is 0 Å². The fourth-order valence-electron chi connectivity index (χ4n) is 2.81. The highest BCUT2D eigenvalue weighted by Gasteiger charge is 2.31. The maximum atomic E-state index is 9.42. The minimum atomic E-state index is -0.142. The van der Waals surface area contributed by atoms with E-state index in [-0.39, 0.29) is 6.10 Å². The van der Waals surface area contributed by atoms with Gasteiger partial charge in [-0.1, -0.05) is 33.1 Å². The Morgan fingerprint density at radius 2 is 1.77 bits per heavy atom. The first kappa shape index (κ1) is 11.0. The van der Waals surface area contributed by atoms with Crippen LogP contribution < -0.4 is 0 Å². The molecular weight excluding hydrogens is 160 g/mol. The van der Waals surface area contributed by atoms with Crippen molar-refractivity contribution >= 4 is 0 Å². The van der Waals surface area contributed by atoms with Crippen LogP contribution in [0.4, 0.5) is 0 Å². The molecule has 1 heteroatoms. The van der Waals surface area contributed by atoms with Gasteiger partial charge in [0.2, 0.25) is 0 Å². The number of aliphatic hydroxyl groups excluding tert-OH is 1. The van der Waals surface area contributed by atoms with Gasteiger partial charge < -0.3 is 5.11 Å². The quantitative estimate of drug-likeness (QED) is 0.713. The number of rotatable bonds is 3. The molecule has 1 saturated carbocycles. The molecular formula is C12H24O. The summed E-state index contributed by atoms with van der Waals surface area (Å²) < 4.78 is 0. The summed E-state index contributed by atoms with van der Waals surface area (Å²) in [6, 6.07) is 0. The normalized spacial score (nSPS) is 23.1. The van der Waals surface area contributed by atoms with Gasteiger partial charge in [-0.15, -0.1) is 0 Å². The van der Waals surface area contributed by atoms with Crippen molar-refractivity contribution in [3.8, 4) is 0 Å². The average Bonchev–Trinajstić information content (AvgIpc) is 2.04. The molecule has 0 aromatic carbocycles. The van der Waals surface area contributed by atoms with E-state index in [9.17, 15) is 5.11 Å². The number of aliphatic hydroxyl groups is 1. The summed E-state index contributed by atoms with van der Waals surface area (Å²) in [4.78, 5) is 0. The average molecular weight is 184 g/mol. The summed E-state index contributed by atoms with van der Waals surface area (Å²) in [6.07, 6.45) is 7.78. The predicted molar refractivity (Wildman–Crippen MR) is 56.7 cm³/mol. The molecule has 0 unspecified atom stereocenters. The summed E-state index contributed by atoms with van der Waals surface area (Å²) in [5.74, 6) is 0.843. The molecule has 1 atom stereocenters.